The Morgan fingerprint density at radius 2 is 0.588 bits per heavy atom. The maximum atomic E-state index is 12.6. The predicted molar refractivity (Wildman–Crippen MR) is 375 cm³/mol. The van der Waals surface area contributed by atoms with E-state index in [1.165, 1.54) is 360 Å². The molecular formula is C79H153NO5. The monoisotopic (exact) mass is 1200 g/mol. The number of carbonyl (C=O) groups excluding carboxylic acids is 2. The normalized spacial score (nSPS) is 12.6. The smallest absolute Gasteiger partial charge is 0.305 e. The van der Waals surface area contributed by atoms with Crippen molar-refractivity contribution in [3.63, 3.8) is 0 Å². The average Bonchev–Trinajstić information content (AvgIpc) is 3.51. The summed E-state index contributed by atoms with van der Waals surface area (Å²) in [5.74, 6) is -0.0123. The molecule has 0 aromatic rings. The van der Waals surface area contributed by atoms with Crippen LogP contribution in [0.3, 0.4) is 0 Å². The van der Waals surface area contributed by atoms with Gasteiger partial charge in [0.1, 0.15) is 0 Å². The fourth-order valence-corrected chi connectivity index (χ4v) is 12.6. The predicted octanol–water partition coefficient (Wildman–Crippen LogP) is 25.7. The molecule has 2 atom stereocenters. The number of esters is 1. The van der Waals surface area contributed by atoms with Crippen LogP contribution in [-0.2, 0) is 14.3 Å². The number of hydrogen-bond acceptors (Lipinski definition) is 5. The first-order valence-electron chi connectivity index (χ1n) is 39.1. The van der Waals surface area contributed by atoms with Crippen LogP contribution in [0, 0.1) is 0 Å². The number of aliphatic hydroxyl groups excluding tert-OH is 2. The molecule has 6 heteroatoms. The standard InChI is InChI=1S/C79H153NO5/c1-3-5-7-9-11-13-15-17-19-21-23-36-39-43-47-51-55-59-63-67-71-77(82)76(75-81)80-78(83)72-68-64-60-56-52-48-44-40-37-34-32-30-28-26-24-25-27-29-31-33-35-38-42-46-50-54-58-62-66-70-74-85-79(84)73-69-65-61-57-53-49-45-41-22-20-18-16-14-12-10-8-6-4-2/h14,16,20,22,76-77,81-82H,3-13,15,17-19,21,23-75H2,1-2H3,(H,80,83)/b16-14-,22-20-. The number of ether oxygens (including phenoxy) is 1. The van der Waals surface area contributed by atoms with E-state index in [9.17, 15) is 19.8 Å². The third kappa shape index (κ3) is 71.3. The first-order chi connectivity index (χ1) is 42.0. The van der Waals surface area contributed by atoms with E-state index >= 15 is 0 Å². The highest BCUT2D eigenvalue weighted by Gasteiger charge is 2.20. The fraction of sp³-hybridized carbons (Fsp3) is 0.924. The second kappa shape index (κ2) is 74.8. The Hall–Kier alpha value is -1.66. The van der Waals surface area contributed by atoms with E-state index in [-0.39, 0.29) is 18.5 Å². The van der Waals surface area contributed by atoms with Gasteiger partial charge < -0.3 is 20.3 Å². The lowest BCUT2D eigenvalue weighted by molar-refractivity contribution is -0.143. The van der Waals surface area contributed by atoms with Crippen LogP contribution in [0.25, 0.3) is 0 Å². The summed E-state index contributed by atoms with van der Waals surface area (Å²) in [6.07, 6.45) is 95.4. The molecule has 0 spiro atoms. The van der Waals surface area contributed by atoms with Gasteiger partial charge in [0.25, 0.3) is 0 Å². The van der Waals surface area contributed by atoms with Gasteiger partial charge in [-0.3, -0.25) is 9.59 Å². The number of unbranched alkanes of at least 4 members (excludes halogenated alkanes) is 59. The largest absolute Gasteiger partial charge is 0.466 e. The van der Waals surface area contributed by atoms with Crippen LogP contribution in [0.2, 0.25) is 0 Å². The first-order valence-corrected chi connectivity index (χ1v) is 39.1. The van der Waals surface area contributed by atoms with Crippen molar-refractivity contribution in [3.05, 3.63) is 24.3 Å². The number of aliphatic hydroxyl groups is 2. The molecule has 0 saturated carbocycles. The van der Waals surface area contributed by atoms with Crippen LogP contribution < -0.4 is 5.32 Å². The Morgan fingerprint density at radius 1 is 0.329 bits per heavy atom. The lowest BCUT2D eigenvalue weighted by atomic mass is 10.0. The zero-order valence-electron chi connectivity index (χ0n) is 57.9. The van der Waals surface area contributed by atoms with Gasteiger partial charge in [0.05, 0.1) is 25.4 Å². The van der Waals surface area contributed by atoms with Gasteiger partial charge in [0.2, 0.25) is 5.91 Å². The van der Waals surface area contributed by atoms with Gasteiger partial charge in [0, 0.05) is 12.8 Å². The molecule has 0 saturated heterocycles. The molecule has 0 aliphatic heterocycles. The van der Waals surface area contributed by atoms with E-state index in [1.807, 2.05) is 0 Å². The molecule has 0 rings (SSSR count). The molecule has 1 amide bonds. The number of hydrogen-bond donors (Lipinski definition) is 3. The summed E-state index contributed by atoms with van der Waals surface area (Å²) in [5.41, 5.74) is 0. The maximum absolute atomic E-state index is 12.6. The Kier molecular flexibility index (Phi) is 73.3. The summed E-state index contributed by atoms with van der Waals surface area (Å²) in [6.45, 7) is 4.98. The van der Waals surface area contributed by atoms with Crippen molar-refractivity contribution in [3.8, 4) is 0 Å². The van der Waals surface area contributed by atoms with Gasteiger partial charge in [-0.2, -0.15) is 0 Å². The molecule has 2 unspecified atom stereocenters. The highest BCUT2D eigenvalue weighted by Crippen LogP contribution is 2.20. The van der Waals surface area contributed by atoms with Gasteiger partial charge in [-0.25, -0.2) is 0 Å². The van der Waals surface area contributed by atoms with Crippen molar-refractivity contribution >= 4 is 11.9 Å². The topological polar surface area (TPSA) is 95.9 Å². The fourth-order valence-electron chi connectivity index (χ4n) is 12.6. The van der Waals surface area contributed by atoms with E-state index in [0.29, 0.717) is 25.9 Å². The van der Waals surface area contributed by atoms with Crippen molar-refractivity contribution in [2.75, 3.05) is 13.2 Å². The third-order valence-electron chi connectivity index (χ3n) is 18.5. The third-order valence-corrected chi connectivity index (χ3v) is 18.5. The molecule has 3 N–H and O–H groups in total. The van der Waals surface area contributed by atoms with E-state index in [0.717, 1.165) is 51.4 Å². The molecule has 6 nitrogen and oxygen atoms in total. The summed E-state index contributed by atoms with van der Waals surface area (Å²) >= 11 is 0. The Balaban J connectivity index is 3.33. The summed E-state index contributed by atoms with van der Waals surface area (Å²) in [4.78, 5) is 24.7. The van der Waals surface area contributed by atoms with Gasteiger partial charge in [-0.15, -0.1) is 0 Å². The van der Waals surface area contributed by atoms with Crippen LogP contribution in [0.1, 0.15) is 444 Å². The van der Waals surface area contributed by atoms with Gasteiger partial charge >= 0.3 is 5.97 Å². The minimum Gasteiger partial charge on any atom is -0.466 e. The van der Waals surface area contributed by atoms with E-state index < -0.39 is 12.1 Å². The quantitative estimate of drug-likeness (QED) is 0.0320. The van der Waals surface area contributed by atoms with Crippen LogP contribution in [0.4, 0.5) is 0 Å². The van der Waals surface area contributed by atoms with Crippen LogP contribution >= 0.6 is 0 Å². The number of amides is 1. The summed E-state index contributed by atoms with van der Waals surface area (Å²) in [6, 6.07) is -0.539. The summed E-state index contributed by atoms with van der Waals surface area (Å²) in [5, 5.41) is 23.4. The maximum Gasteiger partial charge on any atom is 0.305 e. The zero-order chi connectivity index (χ0) is 61.3. The van der Waals surface area contributed by atoms with Crippen molar-refractivity contribution in [2.24, 2.45) is 0 Å². The summed E-state index contributed by atoms with van der Waals surface area (Å²) in [7, 11) is 0. The van der Waals surface area contributed by atoms with Crippen molar-refractivity contribution in [1.82, 2.24) is 5.32 Å². The molecule has 0 heterocycles. The van der Waals surface area contributed by atoms with Crippen molar-refractivity contribution < 1.29 is 24.5 Å². The van der Waals surface area contributed by atoms with Crippen molar-refractivity contribution in [1.29, 1.82) is 0 Å². The second-order valence-electron chi connectivity index (χ2n) is 27.0. The zero-order valence-corrected chi connectivity index (χ0v) is 57.9. The number of rotatable bonds is 74. The van der Waals surface area contributed by atoms with Gasteiger partial charge in [0.15, 0.2) is 0 Å². The summed E-state index contributed by atoms with van der Waals surface area (Å²) < 4.78 is 5.51. The Labute approximate surface area is 532 Å². The molecule has 0 aliphatic rings. The highest BCUT2D eigenvalue weighted by molar-refractivity contribution is 5.76. The Bertz CT molecular complexity index is 1330. The van der Waals surface area contributed by atoms with E-state index in [4.69, 9.17) is 4.74 Å². The lowest BCUT2D eigenvalue weighted by Crippen LogP contribution is -2.45. The lowest BCUT2D eigenvalue weighted by Gasteiger charge is -2.22. The number of nitrogens with one attached hydrogen (secondary N) is 1. The molecule has 0 aromatic carbocycles. The Morgan fingerprint density at radius 3 is 0.906 bits per heavy atom. The van der Waals surface area contributed by atoms with Crippen LogP contribution in [-0.4, -0.2) is 47.4 Å². The molecule has 0 bridgehead atoms. The van der Waals surface area contributed by atoms with Crippen molar-refractivity contribution in [2.45, 2.75) is 456 Å². The molecule has 85 heavy (non-hydrogen) atoms. The minimum atomic E-state index is -0.662. The highest BCUT2D eigenvalue weighted by atomic mass is 16.5. The number of allylic oxidation sites excluding steroid dienone is 4. The number of carbonyl (C=O) groups is 2. The van der Waals surface area contributed by atoms with Crippen LogP contribution in [0.5, 0.6) is 0 Å². The van der Waals surface area contributed by atoms with E-state index in [2.05, 4.69) is 43.5 Å². The SMILES string of the molecule is CCCCCC/C=C\C/C=C\CCCCCCCCCC(=O)OCCCCCCCCCCCCCCCCCCCCCCCCCCCCCCCCC(=O)NC(CO)C(O)CCCCCCCCCCCCCCCCCCCCCC. The molecule has 504 valence electrons. The molecule has 0 aliphatic carbocycles. The first kappa shape index (κ1) is 83.3. The van der Waals surface area contributed by atoms with E-state index in [1.54, 1.807) is 0 Å². The second-order valence-corrected chi connectivity index (χ2v) is 27.0. The minimum absolute atomic E-state index is 0.0138. The molecule has 0 radical (unpaired) electrons. The average molecular weight is 1200 g/mol. The molecule has 0 aromatic heterocycles. The molecule has 0 fully saturated rings. The molecular weight excluding hydrogens is 1040 g/mol. The van der Waals surface area contributed by atoms with Crippen LogP contribution in [0.15, 0.2) is 24.3 Å². The van der Waals surface area contributed by atoms with Gasteiger partial charge in [-0.1, -0.05) is 398 Å². The van der Waals surface area contributed by atoms with Gasteiger partial charge in [-0.05, 0) is 57.8 Å².